The monoisotopic (exact) mass is 289 g/mol. The molecule has 1 aromatic carbocycles. The molecule has 3 nitrogen and oxygen atoms in total. The molecule has 3 rings (SSSR count). The predicted molar refractivity (Wildman–Crippen MR) is 84.6 cm³/mol. The third kappa shape index (κ3) is 3.98. The van der Waals surface area contributed by atoms with Crippen LogP contribution in [0, 0.1) is 11.3 Å². The first-order valence-corrected chi connectivity index (χ1v) is 8.32. The molecule has 0 heterocycles. The van der Waals surface area contributed by atoms with E-state index in [0.717, 1.165) is 24.6 Å². The van der Waals surface area contributed by atoms with E-state index in [0.29, 0.717) is 18.6 Å². The van der Waals surface area contributed by atoms with Crippen LogP contribution in [0.1, 0.15) is 38.2 Å². The molecular formula is C18H27NO2. The SMILES string of the molecule is CCc1cccc(OCC(O)CNCC2(C3CC3)CC2)c1. The van der Waals surface area contributed by atoms with Crippen LogP contribution in [0.3, 0.4) is 0 Å². The van der Waals surface area contributed by atoms with Crippen LogP contribution < -0.4 is 10.1 Å². The van der Waals surface area contributed by atoms with Crippen LogP contribution in [0.4, 0.5) is 0 Å². The Labute approximate surface area is 127 Å². The smallest absolute Gasteiger partial charge is 0.119 e. The standard InChI is InChI=1S/C18H27NO2/c1-2-14-4-3-5-17(10-14)21-12-16(20)11-19-13-18(8-9-18)15-6-7-15/h3-5,10,15-16,19-20H,2,6-9,11-13H2,1H3. The third-order valence-electron chi connectivity index (χ3n) is 4.94. The van der Waals surface area contributed by atoms with Crippen LogP contribution in [0.25, 0.3) is 0 Å². The summed E-state index contributed by atoms with van der Waals surface area (Å²) in [6, 6.07) is 8.10. The maximum Gasteiger partial charge on any atom is 0.119 e. The highest BCUT2D eigenvalue weighted by Crippen LogP contribution is 2.60. The highest BCUT2D eigenvalue weighted by molar-refractivity contribution is 5.28. The van der Waals surface area contributed by atoms with Crippen molar-refractivity contribution in [2.75, 3.05) is 19.7 Å². The fourth-order valence-corrected chi connectivity index (χ4v) is 3.18. The molecular weight excluding hydrogens is 262 g/mol. The molecule has 2 fully saturated rings. The first-order chi connectivity index (χ1) is 10.2. The van der Waals surface area contributed by atoms with Gasteiger partial charge in [-0.3, -0.25) is 0 Å². The second-order valence-corrected chi connectivity index (χ2v) is 6.73. The summed E-state index contributed by atoms with van der Waals surface area (Å²) < 4.78 is 5.68. The van der Waals surface area contributed by atoms with Gasteiger partial charge in [-0.25, -0.2) is 0 Å². The highest BCUT2D eigenvalue weighted by atomic mass is 16.5. The molecule has 0 radical (unpaired) electrons. The molecule has 2 N–H and O–H groups in total. The van der Waals surface area contributed by atoms with E-state index < -0.39 is 6.10 Å². The van der Waals surface area contributed by atoms with Gasteiger partial charge in [-0.1, -0.05) is 19.1 Å². The summed E-state index contributed by atoms with van der Waals surface area (Å²) in [5.41, 5.74) is 1.86. The van der Waals surface area contributed by atoms with Gasteiger partial charge in [0.15, 0.2) is 0 Å². The molecule has 2 aliphatic rings. The van der Waals surface area contributed by atoms with Crippen LogP contribution in [-0.4, -0.2) is 30.9 Å². The zero-order valence-corrected chi connectivity index (χ0v) is 13.0. The average Bonchev–Trinajstić information content (AvgIpc) is 3.37. The Bertz CT molecular complexity index is 466. The minimum Gasteiger partial charge on any atom is -0.491 e. The summed E-state index contributed by atoms with van der Waals surface area (Å²) in [4.78, 5) is 0. The van der Waals surface area contributed by atoms with Gasteiger partial charge >= 0.3 is 0 Å². The maximum absolute atomic E-state index is 10.0. The lowest BCUT2D eigenvalue weighted by Gasteiger charge is -2.18. The van der Waals surface area contributed by atoms with E-state index in [-0.39, 0.29) is 0 Å². The molecule has 0 aromatic heterocycles. The lowest BCUT2D eigenvalue weighted by atomic mass is 10.0. The van der Waals surface area contributed by atoms with E-state index >= 15 is 0 Å². The Morgan fingerprint density at radius 3 is 2.86 bits per heavy atom. The van der Waals surface area contributed by atoms with Crippen LogP contribution in [-0.2, 0) is 6.42 Å². The normalized spacial score (nSPS) is 21.0. The molecule has 1 aromatic rings. The predicted octanol–water partition coefficient (Wildman–Crippen LogP) is 2.77. The number of aryl methyl sites for hydroxylation is 1. The summed E-state index contributed by atoms with van der Waals surface area (Å²) in [5.74, 6) is 1.82. The zero-order chi connectivity index (χ0) is 14.7. The number of nitrogens with one attached hydrogen (secondary N) is 1. The maximum atomic E-state index is 10.0. The van der Waals surface area contributed by atoms with Crippen LogP contribution in [0.5, 0.6) is 5.75 Å². The van der Waals surface area contributed by atoms with Gasteiger partial charge in [-0.2, -0.15) is 0 Å². The third-order valence-corrected chi connectivity index (χ3v) is 4.94. The van der Waals surface area contributed by atoms with Crippen molar-refractivity contribution in [1.82, 2.24) is 5.32 Å². The molecule has 1 unspecified atom stereocenters. The molecule has 116 valence electrons. The molecule has 21 heavy (non-hydrogen) atoms. The Hall–Kier alpha value is -1.06. The second-order valence-electron chi connectivity index (χ2n) is 6.73. The zero-order valence-electron chi connectivity index (χ0n) is 13.0. The molecule has 0 aliphatic heterocycles. The van der Waals surface area contributed by atoms with Gasteiger partial charge in [0.05, 0.1) is 0 Å². The number of aliphatic hydroxyl groups excluding tert-OH is 1. The molecule has 0 bridgehead atoms. The summed E-state index contributed by atoms with van der Waals surface area (Å²) in [5, 5.41) is 13.5. The van der Waals surface area contributed by atoms with Crippen molar-refractivity contribution in [2.24, 2.45) is 11.3 Å². The van der Waals surface area contributed by atoms with E-state index in [1.807, 2.05) is 18.2 Å². The second kappa shape index (κ2) is 6.37. The molecule has 3 heteroatoms. The van der Waals surface area contributed by atoms with Gasteiger partial charge in [-0.15, -0.1) is 0 Å². The summed E-state index contributed by atoms with van der Waals surface area (Å²) >= 11 is 0. The first kappa shape index (κ1) is 14.9. The van der Waals surface area contributed by atoms with Crippen molar-refractivity contribution in [3.63, 3.8) is 0 Å². The number of ether oxygens (including phenoxy) is 1. The summed E-state index contributed by atoms with van der Waals surface area (Å²) in [6.07, 6.45) is 6.15. The van der Waals surface area contributed by atoms with Crippen molar-refractivity contribution < 1.29 is 9.84 Å². The molecule has 2 saturated carbocycles. The van der Waals surface area contributed by atoms with E-state index in [4.69, 9.17) is 4.74 Å². The quantitative estimate of drug-likeness (QED) is 0.734. The lowest BCUT2D eigenvalue weighted by molar-refractivity contribution is 0.104. The number of hydrogen-bond acceptors (Lipinski definition) is 3. The Kier molecular flexibility index (Phi) is 4.51. The van der Waals surface area contributed by atoms with Gasteiger partial charge in [0.1, 0.15) is 18.5 Å². The fourth-order valence-electron chi connectivity index (χ4n) is 3.18. The fraction of sp³-hybridized carbons (Fsp3) is 0.667. The summed E-state index contributed by atoms with van der Waals surface area (Å²) in [7, 11) is 0. The van der Waals surface area contributed by atoms with Gasteiger partial charge < -0.3 is 15.2 Å². The molecule has 2 aliphatic carbocycles. The van der Waals surface area contributed by atoms with E-state index in [1.54, 1.807) is 0 Å². The lowest BCUT2D eigenvalue weighted by Crippen LogP contribution is -2.35. The molecule has 1 atom stereocenters. The van der Waals surface area contributed by atoms with Gasteiger partial charge in [-0.05, 0) is 61.1 Å². The average molecular weight is 289 g/mol. The van der Waals surface area contributed by atoms with Crippen LogP contribution in [0.15, 0.2) is 24.3 Å². The van der Waals surface area contributed by atoms with E-state index in [9.17, 15) is 5.11 Å². The topological polar surface area (TPSA) is 41.5 Å². The summed E-state index contributed by atoms with van der Waals surface area (Å²) in [6.45, 7) is 4.18. The minimum atomic E-state index is -0.440. The number of aliphatic hydroxyl groups is 1. The largest absolute Gasteiger partial charge is 0.491 e. The van der Waals surface area contributed by atoms with Gasteiger partial charge in [0.2, 0.25) is 0 Å². The van der Waals surface area contributed by atoms with Crippen molar-refractivity contribution in [3.05, 3.63) is 29.8 Å². The number of hydrogen-bond donors (Lipinski definition) is 2. The molecule has 0 saturated heterocycles. The van der Waals surface area contributed by atoms with E-state index in [1.165, 1.54) is 31.2 Å². The highest BCUT2D eigenvalue weighted by Gasteiger charge is 2.53. The number of benzene rings is 1. The Morgan fingerprint density at radius 2 is 2.19 bits per heavy atom. The molecule has 0 amide bonds. The van der Waals surface area contributed by atoms with Crippen molar-refractivity contribution in [2.45, 2.75) is 45.1 Å². The molecule has 0 spiro atoms. The van der Waals surface area contributed by atoms with Crippen molar-refractivity contribution in [3.8, 4) is 5.75 Å². The Morgan fingerprint density at radius 1 is 1.38 bits per heavy atom. The van der Waals surface area contributed by atoms with Crippen molar-refractivity contribution >= 4 is 0 Å². The Balaban J connectivity index is 1.35. The van der Waals surface area contributed by atoms with Crippen LogP contribution >= 0.6 is 0 Å². The van der Waals surface area contributed by atoms with Gasteiger partial charge in [0.25, 0.3) is 0 Å². The number of rotatable bonds is 9. The van der Waals surface area contributed by atoms with Crippen molar-refractivity contribution in [1.29, 1.82) is 0 Å². The van der Waals surface area contributed by atoms with Crippen LogP contribution in [0.2, 0.25) is 0 Å². The van der Waals surface area contributed by atoms with Gasteiger partial charge in [0, 0.05) is 13.1 Å². The minimum absolute atomic E-state index is 0.358. The van der Waals surface area contributed by atoms with E-state index in [2.05, 4.69) is 18.3 Å². The first-order valence-electron chi connectivity index (χ1n) is 8.32.